The Morgan fingerprint density at radius 3 is 2.61 bits per heavy atom. The van der Waals surface area contributed by atoms with Crippen LogP contribution in [0.25, 0.3) is 5.78 Å². The summed E-state index contributed by atoms with van der Waals surface area (Å²) in [6.07, 6.45) is 0.474. The van der Waals surface area contributed by atoms with Crippen LogP contribution in [0.2, 0.25) is 0 Å². The molecular weight excluding hydrogens is 298 g/mol. The number of hydrogen-bond acceptors (Lipinski definition) is 6. The quantitative estimate of drug-likeness (QED) is 0.827. The minimum Gasteiger partial charge on any atom is -0.467 e. The predicted molar refractivity (Wildman–Crippen MR) is 83.0 cm³/mol. The van der Waals surface area contributed by atoms with Gasteiger partial charge in [0.05, 0.1) is 7.11 Å². The Morgan fingerprint density at radius 1 is 1.30 bits per heavy atom. The van der Waals surface area contributed by atoms with Crippen LogP contribution in [-0.4, -0.2) is 44.6 Å². The van der Waals surface area contributed by atoms with Crippen LogP contribution in [0.5, 0.6) is 0 Å². The molecule has 0 bridgehead atoms. The van der Waals surface area contributed by atoms with E-state index < -0.39 is 17.9 Å². The van der Waals surface area contributed by atoms with Crippen molar-refractivity contribution in [2.75, 3.05) is 7.11 Å². The lowest BCUT2D eigenvalue weighted by atomic mass is 10.0. The van der Waals surface area contributed by atoms with E-state index in [1.165, 1.54) is 11.6 Å². The lowest BCUT2D eigenvalue weighted by molar-refractivity contribution is -0.143. The topological polar surface area (TPSA) is 98.5 Å². The van der Waals surface area contributed by atoms with E-state index in [0.717, 1.165) is 11.4 Å². The molecule has 1 amide bonds. The predicted octanol–water partition coefficient (Wildman–Crippen LogP) is 1.06. The van der Waals surface area contributed by atoms with Gasteiger partial charge in [-0.3, -0.25) is 4.79 Å². The lowest BCUT2D eigenvalue weighted by Crippen LogP contribution is -2.42. The van der Waals surface area contributed by atoms with Gasteiger partial charge in [0.15, 0.2) is 0 Å². The van der Waals surface area contributed by atoms with Gasteiger partial charge >= 0.3 is 5.97 Å². The van der Waals surface area contributed by atoms with Crippen LogP contribution in [0.15, 0.2) is 6.07 Å². The smallest absolute Gasteiger partial charge is 0.328 e. The number of nitrogens with one attached hydrogen (secondary N) is 1. The number of methoxy groups -OCH3 is 1. The highest BCUT2D eigenvalue weighted by molar-refractivity contribution is 5.94. The van der Waals surface area contributed by atoms with Crippen LogP contribution in [0.3, 0.4) is 0 Å². The zero-order valence-electron chi connectivity index (χ0n) is 14.0. The van der Waals surface area contributed by atoms with Gasteiger partial charge in [-0.05, 0) is 32.3 Å². The second-order valence-electron chi connectivity index (χ2n) is 5.86. The summed E-state index contributed by atoms with van der Waals surface area (Å²) in [5.41, 5.74) is 1.62. The van der Waals surface area contributed by atoms with E-state index in [1.54, 1.807) is 0 Å². The van der Waals surface area contributed by atoms with Gasteiger partial charge in [0.1, 0.15) is 6.04 Å². The number of ether oxygens (including phenoxy) is 1. The Labute approximate surface area is 134 Å². The van der Waals surface area contributed by atoms with Gasteiger partial charge in [-0.2, -0.15) is 4.98 Å². The van der Waals surface area contributed by atoms with Crippen molar-refractivity contribution in [3.05, 3.63) is 23.3 Å². The SMILES string of the molecule is COC(=O)[C@H](CC(C)C)NC(=O)c1nc2nc(C)cc(C)n2n1. The first-order valence-electron chi connectivity index (χ1n) is 7.41. The third kappa shape index (κ3) is 3.82. The first kappa shape index (κ1) is 16.9. The van der Waals surface area contributed by atoms with Crippen LogP contribution < -0.4 is 5.32 Å². The third-order valence-corrected chi connectivity index (χ3v) is 3.32. The van der Waals surface area contributed by atoms with E-state index in [2.05, 4.69) is 20.4 Å². The van der Waals surface area contributed by atoms with Crippen LogP contribution in [0, 0.1) is 19.8 Å². The molecule has 0 aliphatic rings. The van der Waals surface area contributed by atoms with E-state index in [-0.39, 0.29) is 11.7 Å². The molecule has 0 aliphatic heterocycles. The zero-order chi connectivity index (χ0) is 17.1. The first-order valence-corrected chi connectivity index (χ1v) is 7.41. The highest BCUT2D eigenvalue weighted by atomic mass is 16.5. The molecule has 8 heteroatoms. The molecular formula is C15H21N5O3. The molecule has 8 nitrogen and oxygen atoms in total. The van der Waals surface area contributed by atoms with Gasteiger partial charge in [0.25, 0.3) is 11.7 Å². The van der Waals surface area contributed by atoms with E-state index in [1.807, 2.05) is 33.8 Å². The summed E-state index contributed by atoms with van der Waals surface area (Å²) in [4.78, 5) is 32.5. The van der Waals surface area contributed by atoms with Gasteiger partial charge in [-0.15, -0.1) is 5.10 Å². The maximum atomic E-state index is 12.3. The van der Waals surface area contributed by atoms with Crippen molar-refractivity contribution in [2.45, 2.75) is 40.2 Å². The number of carbonyl (C=O) groups excluding carboxylic acids is 2. The fourth-order valence-electron chi connectivity index (χ4n) is 2.31. The summed E-state index contributed by atoms with van der Waals surface area (Å²) in [6.45, 7) is 7.62. The Morgan fingerprint density at radius 2 is 2.00 bits per heavy atom. The largest absolute Gasteiger partial charge is 0.467 e. The monoisotopic (exact) mass is 319 g/mol. The van der Waals surface area contributed by atoms with Crippen molar-refractivity contribution in [1.82, 2.24) is 24.9 Å². The average Bonchev–Trinajstić information content (AvgIpc) is 2.89. The second kappa shape index (κ2) is 6.72. The molecule has 2 rings (SSSR count). The first-order chi connectivity index (χ1) is 10.8. The Kier molecular flexibility index (Phi) is 4.92. The summed E-state index contributed by atoms with van der Waals surface area (Å²) in [7, 11) is 1.29. The molecule has 0 radical (unpaired) electrons. The molecule has 1 N–H and O–H groups in total. The molecule has 0 spiro atoms. The van der Waals surface area contributed by atoms with Gasteiger partial charge in [-0.25, -0.2) is 14.3 Å². The molecule has 0 aromatic carbocycles. The second-order valence-corrected chi connectivity index (χ2v) is 5.86. The molecule has 23 heavy (non-hydrogen) atoms. The Hall–Kier alpha value is -2.51. The number of aromatic nitrogens is 4. The average molecular weight is 319 g/mol. The Balaban J connectivity index is 2.25. The fourth-order valence-corrected chi connectivity index (χ4v) is 2.31. The molecule has 0 saturated heterocycles. The molecule has 0 fully saturated rings. The van der Waals surface area contributed by atoms with Crippen LogP contribution in [0.4, 0.5) is 0 Å². The van der Waals surface area contributed by atoms with Crippen molar-refractivity contribution in [3.8, 4) is 0 Å². The highest BCUT2D eigenvalue weighted by Gasteiger charge is 2.25. The zero-order valence-corrected chi connectivity index (χ0v) is 14.0. The lowest BCUT2D eigenvalue weighted by Gasteiger charge is -2.17. The summed E-state index contributed by atoms with van der Waals surface area (Å²) >= 11 is 0. The highest BCUT2D eigenvalue weighted by Crippen LogP contribution is 2.09. The number of esters is 1. The van der Waals surface area contributed by atoms with Gasteiger partial charge in [0, 0.05) is 11.4 Å². The molecule has 0 unspecified atom stereocenters. The molecule has 1 atom stereocenters. The van der Waals surface area contributed by atoms with Crippen molar-refractivity contribution in [2.24, 2.45) is 5.92 Å². The van der Waals surface area contributed by atoms with E-state index in [0.29, 0.717) is 12.2 Å². The van der Waals surface area contributed by atoms with Crippen molar-refractivity contribution in [1.29, 1.82) is 0 Å². The Bertz CT molecular complexity index is 738. The van der Waals surface area contributed by atoms with Crippen molar-refractivity contribution < 1.29 is 14.3 Å². The minimum absolute atomic E-state index is 0.0242. The molecule has 2 aromatic rings. The number of hydrogen-bond donors (Lipinski definition) is 1. The maximum absolute atomic E-state index is 12.3. The van der Waals surface area contributed by atoms with Crippen LogP contribution in [0.1, 0.15) is 42.3 Å². The summed E-state index contributed by atoms with van der Waals surface area (Å²) < 4.78 is 6.23. The van der Waals surface area contributed by atoms with Crippen LogP contribution in [-0.2, 0) is 9.53 Å². The minimum atomic E-state index is -0.727. The van der Waals surface area contributed by atoms with Crippen molar-refractivity contribution >= 4 is 17.7 Å². The summed E-state index contributed by atoms with van der Waals surface area (Å²) in [5.74, 6) is -0.459. The normalized spacial score (nSPS) is 12.4. The number of aryl methyl sites for hydroxylation is 2. The fraction of sp³-hybridized carbons (Fsp3) is 0.533. The maximum Gasteiger partial charge on any atom is 0.328 e. The standard InChI is InChI=1S/C15H21N5O3/c1-8(2)6-11(14(22)23-5)17-13(21)12-18-15-16-9(3)7-10(4)20(15)19-12/h7-8,11H,6H2,1-5H3,(H,17,21)/t11-/m0/s1. The van der Waals surface area contributed by atoms with Crippen LogP contribution >= 0.6 is 0 Å². The van der Waals surface area contributed by atoms with Gasteiger partial charge in [0.2, 0.25) is 5.82 Å². The number of carbonyl (C=O) groups is 2. The summed E-state index contributed by atoms with van der Waals surface area (Å²) in [6, 6.07) is 1.12. The molecule has 0 aliphatic carbocycles. The number of rotatable bonds is 5. The molecule has 124 valence electrons. The van der Waals surface area contributed by atoms with E-state index in [4.69, 9.17) is 4.74 Å². The van der Waals surface area contributed by atoms with E-state index >= 15 is 0 Å². The summed E-state index contributed by atoms with van der Waals surface area (Å²) in [5, 5.41) is 6.78. The van der Waals surface area contributed by atoms with Crippen molar-refractivity contribution in [3.63, 3.8) is 0 Å². The number of nitrogens with zero attached hydrogens (tertiary/aromatic N) is 4. The molecule has 2 aromatic heterocycles. The van der Waals surface area contributed by atoms with Gasteiger partial charge in [-0.1, -0.05) is 13.8 Å². The van der Waals surface area contributed by atoms with Gasteiger partial charge < -0.3 is 10.1 Å². The molecule has 0 saturated carbocycles. The molecule has 2 heterocycles. The van der Waals surface area contributed by atoms with E-state index in [9.17, 15) is 9.59 Å². The number of fused-ring (bicyclic) bond motifs is 1. The number of amides is 1. The third-order valence-electron chi connectivity index (χ3n) is 3.32.